The minimum Gasteiger partial charge on any atom is -0.298 e. The molecule has 2 aliphatic rings. The van der Waals surface area contributed by atoms with Crippen molar-refractivity contribution in [3.05, 3.63) is 69.1 Å². The molecule has 0 aromatic heterocycles. The molecule has 2 aromatic carbocycles. The van der Waals surface area contributed by atoms with Gasteiger partial charge in [-0.3, -0.25) is 28.8 Å². The fourth-order valence-electron chi connectivity index (χ4n) is 4.13. The summed E-state index contributed by atoms with van der Waals surface area (Å²) in [5.41, 5.74) is 0.315. The van der Waals surface area contributed by atoms with Crippen LogP contribution in [0.3, 0.4) is 0 Å². The molecule has 0 fully saturated rings. The number of Topliss-reactive ketones (excluding diaryl/α,β-unsaturated/α-hetero) is 5. The van der Waals surface area contributed by atoms with E-state index < -0.39 is 46.7 Å². The molecule has 2 atom stereocenters. The predicted molar refractivity (Wildman–Crippen MR) is 110 cm³/mol. The maximum absolute atomic E-state index is 13.0. The molecule has 0 spiro atoms. The van der Waals surface area contributed by atoms with Gasteiger partial charge in [0.15, 0.2) is 23.1 Å². The number of ketones is 6. The van der Waals surface area contributed by atoms with Crippen molar-refractivity contribution in [1.82, 2.24) is 0 Å². The number of carbonyl (C=O) groups excluding carboxylic acids is 6. The maximum atomic E-state index is 13.0. The first kappa shape index (κ1) is 21.3. The molecule has 0 N–H and O–H groups in total. The summed E-state index contributed by atoms with van der Waals surface area (Å²) < 4.78 is 0.363. The topological polar surface area (TPSA) is 122 Å². The van der Waals surface area contributed by atoms with Gasteiger partial charge in [0.1, 0.15) is 11.5 Å². The van der Waals surface area contributed by atoms with Gasteiger partial charge in [-0.05, 0) is 24.3 Å². The molecule has 32 heavy (non-hydrogen) atoms. The van der Waals surface area contributed by atoms with E-state index in [1.807, 2.05) is 0 Å². The third-order valence-corrected chi connectivity index (χ3v) is 5.91. The van der Waals surface area contributed by atoms with Crippen LogP contribution in [0.15, 0.2) is 36.4 Å². The number of hydrogen-bond donors (Lipinski definition) is 0. The zero-order chi connectivity index (χ0) is 23.3. The number of rotatable bonds is 6. The number of hydrogen-bond acceptors (Lipinski definition) is 7. The summed E-state index contributed by atoms with van der Waals surface area (Å²) >= 11 is 0. The Hall–Kier alpha value is -3.94. The molecule has 2 unspecified atom stereocenters. The molecular weight excluding hydrogens is 414 g/mol. The largest absolute Gasteiger partial charge is 0.327 e. The minimum absolute atomic E-state index is 0.0151. The first-order valence-electron chi connectivity index (χ1n) is 10.2. The van der Waals surface area contributed by atoms with Gasteiger partial charge in [0, 0.05) is 46.1 Å². The Morgan fingerprint density at radius 1 is 0.750 bits per heavy atom. The summed E-state index contributed by atoms with van der Waals surface area (Å²) in [4.78, 5) is 87.0. The molecule has 1 heterocycles. The highest BCUT2D eigenvalue weighted by molar-refractivity contribution is 6.36. The van der Waals surface area contributed by atoms with Crippen molar-refractivity contribution >= 4 is 40.4 Å². The molecule has 2 aromatic rings. The molecule has 0 bridgehead atoms. The average molecular weight is 432 g/mol. The number of nitrogens with zero attached hydrogens (tertiary/aromatic N) is 1. The van der Waals surface area contributed by atoms with Gasteiger partial charge >= 0.3 is 6.04 Å². The van der Waals surface area contributed by atoms with Gasteiger partial charge in [-0.25, -0.2) is 0 Å². The zero-order valence-corrected chi connectivity index (χ0v) is 17.3. The molecule has 1 aliphatic heterocycles. The summed E-state index contributed by atoms with van der Waals surface area (Å²) in [7, 11) is 0. The van der Waals surface area contributed by atoms with Gasteiger partial charge in [0.25, 0.3) is 5.69 Å². The van der Waals surface area contributed by atoms with E-state index >= 15 is 0 Å². The lowest BCUT2D eigenvalue weighted by Crippen LogP contribution is -2.32. The Morgan fingerprint density at radius 3 is 1.94 bits per heavy atom. The van der Waals surface area contributed by atoms with Gasteiger partial charge in [-0.2, -0.15) is 0 Å². The van der Waals surface area contributed by atoms with Crippen LogP contribution >= 0.6 is 0 Å². The third kappa shape index (κ3) is 2.98. The van der Waals surface area contributed by atoms with Crippen molar-refractivity contribution in [2.45, 2.75) is 32.7 Å². The number of fused-ring (bicyclic) bond motifs is 2. The monoisotopic (exact) mass is 432 g/mol. The molecule has 160 valence electrons. The summed E-state index contributed by atoms with van der Waals surface area (Å²) in [6, 6.07) is 6.49. The fourth-order valence-corrected chi connectivity index (χ4v) is 4.13. The predicted octanol–water partition coefficient (Wildman–Crippen LogP) is 2.85. The van der Waals surface area contributed by atoms with Crippen LogP contribution in [0.25, 0.3) is 0 Å². The van der Waals surface area contributed by atoms with Crippen molar-refractivity contribution in [2.24, 2.45) is 5.92 Å². The summed E-state index contributed by atoms with van der Waals surface area (Å²) in [5.74, 6) is -4.73. The lowest BCUT2D eigenvalue weighted by Gasteiger charge is -2.04. The van der Waals surface area contributed by atoms with E-state index in [2.05, 4.69) is 0 Å². The van der Waals surface area contributed by atoms with Crippen LogP contribution in [0.2, 0.25) is 0 Å². The van der Waals surface area contributed by atoms with Crippen LogP contribution in [-0.4, -0.2) is 45.5 Å². The van der Waals surface area contributed by atoms with E-state index in [0.29, 0.717) is 4.76 Å². The van der Waals surface area contributed by atoms with Crippen LogP contribution < -0.4 is 0 Å². The second-order valence-electron chi connectivity index (χ2n) is 7.72. The van der Waals surface area contributed by atoms with Crippen molar-refractivity contribution in [1.29, 1.82) is 0 Å². The Labute approximate surface area is 182 Å². The standard InChI is InChI=1S/C24H18NO7/c1-3-17(26)19-22(29)13-7-5-11(9-14(13)23(19)30)21(28)12-6-8-16-15(10-12)24(31)20(25(16)32)18(27)4-2/h5-10,19-20H,3-4H2,1-2H3/q+1. The Balaban J connectivity index is 1.69. The van der Waals surface area contributed by atoms with Gasteiger partial charge < -0.3 is 0 Å². The second-order valence-corrected chi connectivity index (χ2v) is 7.72. The van der Waals surface area contributed by atoms with Crippen LogP contribution in [0, 0.1) is 10.8 Å². The quantitative estimate of drug-likeness (QED) is 0.391. The highest BCUT2D eigenvalue weighted by Crippen LogP contribution is 2.33. The maximum Gasteiger partial charge on any atom is 0.327 e. The normalized spacial score (nSPS) is 19.2. The Morgan fingerprint density at radius 2 is 1.31 bits per heavy atom. The van der Waals surface area contributed by atoms with E-state index in [1.165, 1.54) is 36.4 Å². The number of carbonyl (C=O) groups is 6. The van der Waals surface area contributed by atoms with Crippen molar-refractivity contribution < 1.29 is 33.5 Å². The van der Waals surface area contributed by atoms with Crippen molar-refractivity contribution in [2.75, 3.05) is 0 Å². The smallest absolute Gasteiger partial charge is 0.298 e. The molecule has 1 aliphatic carbocycles. The van der Waals surface area contributed by atoms with E-state index in [9.17, 15) is 33.7 Å². The highest BCUT2D eigenvalue weighted by atomic mass is 16.3. The van der Waals surface area contributed by atoms with Gasteiger partial charge in [-0.1, -0.05) is 19.9 Å². The van der Waals surface area contributed by atoms with Crippen molar-refractivity contribution in [3.8, 4) is 0 Å². The van der Waals surface area contributed by atoms with Crippen LogP contribution in [0.4, 0.5) is 5.69 Å². The lowest BCUT2D eigenvalue weighted by atomic mass is 9.96. The first-order valence-corrected chi connectivity index (χ1v) is 10.2. The average Bonchev–Trinajstić information content (AvgIpc) is 3.21. The molecule has 0 amide bonds. The lowest BCUT2D eigenvalue weighted by molar-refractivity contribution is -0.468. The van der Waals surface area contributed by atoms with E-state index in [-0.39, 0.29) is 46.3 Å². The summed E-state index contributed by atoms with van der Waals surface area (Å²) in [5, 5.41) is 0. The fraction of sp³-hybridized carbons (Fsp3) is 0.250. The number of benzene rings is 2. The SMILES string of the molecule is CCC(=O)C1C(=O)c2ccc(C(=O)c3ccc4c(c3)C(=O)C(C(=O)CC)[N+]4=O)cc2C1=O. The van der Waals surface area contributed by atoms with E-state index in [1.54, 1.807) is 13.8 Å². The molecule has 0 saturated carbocycles. The second kappa shape index (κ2) is 7.64. The summed E-state index contributed by atoms with van der Waals surface area (Å²) in [6.45, 7) is 3.12. The van der Waals surface area contributed by atoms with E-state index in [4.69, 9.17) is 0 Å². The molecule has 8 heteroatoms. The first-order chi connectivity index (χ1) is 15.2. The van der Waals surface area contributed by atoms with Crippen LogP contribution in [-0.2, 0) is 9.59 Å². The molecule has 0 saturated heterocycles. The van der Waals surface area contributed by atoms with Crippen LogP contribution in [0.1, 0.15) is 73.7 Å². The molecular formula is C24H18NO7+. The Bertz CT molecular complexity index is 1190. The minimum atomic E-state index is -1.45. The molecule has 0 radical (unpaired) electrons. The van der Waals surface area contributed by atoms with Crippen LogP contribution in [0.5, 0.6) is 0 Å². The molecule has 8 nitrogen and oxygen atoms in total. The van der Waals surface area contributed by atoms with E-state index in [0.717, 1.165) is 0 Å². The Kier molecular flexibility index (Phi) is 5.08. The molecule has 4 rings (SSSR count). The zero-order valence-electron chi connectivity index (χ0n) is 17.3. The number of nitroso groups, excluding NO2 is 1. The van der Waals surface area contributed by atoms with Gasteiger partial charge in [-0.15, -0.1) is 0 Å². The summed E-state index contributed by atoms with van der Waals surface area (Å²) in [6.07, 6.45) is 0.0711. The third-order valence-electron chi connectivity index (χ3n) is 5.91. The van der Waals surface area contributed by atoms with Gasteiger partial charge in [0.05, 0.1) is 4.76 Å². The highest BCUT2D eigenvalue weighted by Gasteiger charge is 2.51. The van der Waals surface area contributed by atoms with Crippen molar-refractivity contribution in [3.63, 3.8) is 0 Å². The van der Waals surface area contributed by atoms with Gasteiger partial charge in [0.2, 0.25) is 11.6 Å².